The molecule has 0 spiro atoms. The van der Waals surface area contributed by atoms with Crippen LogP contribution in [0.5, 0.6) is 0 Å². The van der Waals surface area contributed by atoms with Gasteiger partial charge in [-0.3, -0.25) is 5.41 Å². The van der Waals surface area contributed by atoms with Crippen molar-refractivity contribution in [3.63, 3.8) is 0 Å². The van der Waals surface area contributed by atoms with E-state index in [0.717, 1.165) is 6.92 Å². The molecule has 0 unspecified atom stereocenters. The summed E-state index contributed by atoms with van der Waals surface area (Å²) in [7, 11) is 3.38. The molecule has 0 bridgehead atoms. The van der Waals surface area contributed by atoms with E-state index >= 15 is 0 Å². The predicted molar refractivity (Wildman–Crippen MR) is 47.9 cm³/mol. The Morgan fingerprint density at radius 2 is 1.77 bits per heavy atom. The van der Waals surface area contributed by atoms with Gasteiger partial charge in [0.25, 0.3) is 0 Å². The molecule has 0 saturated carbocycles. The normalized spacial score (nSPS) is 7.62. The highest BCUT2D eigenvalue weighted by Gasteiger charge is 1.93. The van der Waals surface area contributed by atoms with Crippen molar-refractivity contribution in [2.75, 3.05) is 14.1 Å². The molecule has 7 heteroatoms. The molecule has 0 aliphatic carbocycles. The van der Waals surface area contributed by atoms with E-state index in [0.29, 0.717) is 0 Å². The maximum Gasteiger partial charge on any atom is 0.220 e. The summed E-state index contributed by atoms with van der Waals surface area (Å²) in [6.45, 7) is 0.972. The number of hydrogen-bond donors (Lipinski definition) is 3. The Kier molecular flexibility index (Phi) is 7.30. The van der Waals surface area contributed by atoms with Gasteiger partial charge >= 0.3 is 0 Å². The van der Waals surface area contributed by atoms with Crippen molar-refractivity contribution in [2.24, 2.45) is 16.5 Å². The summed E-state index contributed by atoms with van der Waals surface area (Å²) >= 11 is 0. The molecule has 5 N–H and O–H groups in total. The minimum Gasteiger partial charge on any atom is -0.550 e. The Bertz CT molecular complexity index is 203. The largest absolute Gasteiger partial charge is 0.550 e. The average molecular weight is 188 g/mol. The molecule has 7 nitrogen and oxygen atoms in total. The highest BCUT2D eigenvalue weighted by molar-refractivity contribution is 5.91. The number of carbonyl (C=O) groups excluding carboxylic acids is 1. The van der Waals surface area contributed by atoms with Crippen LogP contribution in [0.2, 0.25) is 0 Å². The van der Waals surface area contributed by atoms with Gasteiger partial charge in [0.1, 0.15) is 0 Å². The average Bonchev–Trinajstić information content (AvgIpc) is 1.83. The van der Waals surface area contributed by atoms with Crippen LogP contribution in [0.3, 0.4) is 0 Å². The third-order valence-electron chi connectivity index (χ3n) is 0.659. The first-order chi connectivity index (χ1) is 5.77. The molecule has 0 aromatic heterocycles. The van der Waals surface area contributed by atoms with Gasteiger partial charge < -0.3 is 26.3 Å². The van der Waals surface area contributed by atoms with Crippen molar-refractivity contribution in [3.8, 4) is 0 Å². The zero-order chi connectivity index (χ0) is 11.0. The van der Waals surface area contributed by atoms with Gasteiger partial charge in [0.15, 0.2) is 5.96 Å². The van der Waals surface area contributed by atoms with Crippen LogP contribution < -0.4 is 16.6 Å². The molecule has 0 fully saturated rings. The molecule has 0 atom stereocenters. The summed E-state index contributed by atoms with van der Waals surface area (Å²) in [5, 5.41) is 15.9. The number of guanidine groups is 2. The monoisotopic (exact) mass is 188 g/mol. The lowest BCUT2D eigenvalue weighted by Gasteiger charge is -2.07. The van der Waals surface area contributed by atoms with Crippen LogP contribution in [-0.2, 0) is 4.79 Å². The number of hydrogen-bond acceptors (Lipinski definition) is 3. The van der Waals surface area contributed by atoms with Gasteiger partial charge in [0, 0.05) is 20.1 Å². The lowest BCUT2D eigenvalue weighted by atomic mass is 10.8. The van der Waals surface area contributed by atoms with Crippen molar-refractivity contribution in [1.29, 1.82) is 5.41 Å². The fourth-order valence-corrected chi connectivity index (χ4v) is 0.222. The first-order valence-corrected chi connectivity index (χ1v) is 3.30. The quantitative estimate of drug-likeness (QED) is 0.286. The molecule has 0 aromatic carbocycles. The second kappa shape index (κ2) is 6.89. The Balaban J connectivity index is 0. The smallest absolute Gasteiger partial charge is 0.220 e. The van der Waals surface area contributed by atoms with E-state index in [1.807, 2.05) is 0 Å². The van der Waals surface area contributed by atoms with E-state index < -0.39 is 5.97 Å². The van der Waals surface area contributed by atoms with Crippen molar-refractivity contribution in [2.45, 2.75) is 6.92 Å². The lowest BCUT2D eigenvalue weighted by Crippen LogP contribution is -2.28. The van der Waals surface area contributed by atoms with Crippen molar-refractivity contribution in [3.05, 3.63) is 0 Å². The number of nitrogens with zero attached hydrogens (tertiary/aromatic N) is 2. The number of carboxylic acid groups (broad SMARTS) is 1. The number of aliphatic carboxylic acids is 1. The van der Waals surface area contributed by atoms with E-state index in [1.54, 1.807) is 14.1 Å². The molecule has 13 heavy (non-hydrogen) atoms. The molecule has 76 valence electrons. The molecule has 0 rings (SSSR count). The standard InChI is InChI=1S/C4H11N5.C2H4O2/c1-9(2)4(7)8-3(5)6;1-2(3)4/h1-2H3,(H5,5,6,7,8);1H3,(H,3,4)/p-1. The van der Waals surface area contributed by atoms with Crippen molar-refractivity contribution < 1.29 is 9.90 Å². The highest BCUT2D eigenvalue weighted by Crippen LogP contribution is 1.78. The van der Waals surface area contributed by atoms with Gasteiger partial charge in [0.05, 0.1) is 0 Å². The number of nitrogens with one attached hydrogen (secondary N) is 1. The first-order valence-electron chi connectivity index (χ1n) is 3.30. The molecule has 0 amide bonds. The fourth-order valence-electron chi connectivity index (χ4n) is 0.222. The van der Waals surface area contributed by atoms with Crippen LogP contribution in [0.25, 0.3) is 0 Å². The molecule has 0 aromatic rings. The third-order valence-corrected chi connectivity index (χ3v) is 0.659. The van der Waals surface area contributed by atoms with Gasteiger partial charge in [-0.2, -0.15) is 4.99 Å². The van der Waals surface area contributed by atoms with Crippen LogP contribution in [0.1, 0.15) is 6.92 Å². The number of nitrogens with two attached hydrogens (primary N) is 2. The topological polar surface area (TPSA) is 132 Å². The molecule has 0 heterocycles. The van der Waals surface area contributed by atoms with Crippen LogP contribution in [0.15, 0.2) is 4.99 Å². The van der Waals surface area contributed by atoms with Crippen molar-refractivity contribution >= 4 is 17.9 Å². The zero-order valence-electron chi connectivity index (χ0n) is 7.87. The van der Waals surface area contributed by atoms with Crippen LogP contribution in [0, 0.1) is 5.41 Å². The molecule has 0 aliphatic rings. The third kappa shape index (κ3) is 17.8. The Hall–Kier alpha value is -1.79. The van der Waals surface area contributed by atoms with Gasteiger partial charge in [-0.15, -0.1) is 0 Å². The van der Waals surface area contributed by atoms with Crippen LogP contribution in [0.4, 0.5) is 0 Å². The maximum absolute atomic E-state index is 8.89. The Morgan fingerprint density at radius 3 is 1.85 bits per heavy atom. The van der Waals surface area contributed by atoms with Gasteiger partial charge in [-0.1, -0.05) is 0 Å². The molecular formula is C6H14N5O2-. The molecule has 0 saturated heterocycles. The molecule has 0 aliphatic heterocycles. The highest BCUT2D eigenvalue weighted by atomic mass is 16.4. The fraction of sp³-hybridized carbons (Fsp3) is 0.500. The minimum absolute atomic E-state index is 0.0509. The second-order valence-electron chi connectivity index (χ2n) is 2.25. The number of carboxylic acids is 1. The lowest BCUT2D eigenvalue weighted by molar-refractivity contribution is -0.302. The van der Waals surface area contributed by atoms with Gasteiger partial charge in [0.2, 0.25) is 5.96 Å². The Labute approximate surface area is 76.5 Å². The Morgan fingerprint density at radius 1 is 1.46 bits per heavy atom. The summed E-state index contributed by atoms with van der Waals surface area (Å²) in [5.41, 5.74) is 9.98. The minimum atomic E-state index is -1.08. The van der Waals surface area contributed by atoms with Crippen LogP contribution >= 0.6 is 0 Å². The predicted octanol–water partition coefficient (Wildman–Crippen LogP) is -2.49. The molecule has 0 radical (unpaired) electrons. The second-order valence-corrected chi connectivity index (χ2v) is 2.25. The summed E-state index contributed by atoms with van der Waals surface area (Å²) < 4.78 is 0. The van der Waals surface area contributed by atoms with Crippen molar-refractivity contribution in [1.82, 2.24) is 4.90 Å². The summed E-state index contributed by atoms with van der Waals surface area (Å²) in [4.78, 5) is 13.8. The molecular weight excluding hydrogens is 174 g/mol. The van der Waals surface area contributed by atoms with E-state index in [2.05, 4.69) is 4.99 Å². The van der Waals surface area contributed by atoms with Crippen LogP contribution in [-0.4, -0.2) is 36.9 Å². The zero-order valence-corrected chi connectivity index (χ0v) is 7.87. The number of rotatable bonds is 0. The van der Waals surface area contributed by atoms with Gasteiger partial charge in [-0.25, -0.2) is 0 Å². The summed E-state index contributed by atoms with van der Waals surface area (Å²) in [6, 6.07) is 0. The number of aliphatic imine (C=N–C) groups is 1. The SMILES string of the molecule is CC(=O)[O-].CN(C)C(=N)N=C(N)N. The first kappa shape index (κ1) is 13.8. The number of carbonyl (C=O) groups is 1. The van der Waals surface area contributed by atoms with E-state index in [1.165, 1.54) is 4.90 Å². The van der Waals surface area contributed by atoms with E-state index in [4.69, 9.17) is 26.8 Å². The van der Waals surface area contributed by atoms with E-state index in [9.17, 15) is 0 Å². The summed E-state index contributed by atoms with van der Waals surface area (Å²) in [6.07, 6.45) is 0. The summed E-state index contributed by atoms with van der Waals surface area (Å²) in [5.74, 6) is -1.12. The van der Waals surface area contributed by atoms with Gasteiger partial charge in [-0.05, 0) is 6.92 Å². The maximum atomic E-state index is 8.89. The van der Waals surface area contributed by atoms with E-state index in [-0.39, 0.29) is 11.9 Å².